The summed E-state index contributed by atoms with van der Waals surface area (Å²) in [4.78, 5) is 14.3. The summed E-state index contributed by atoms with van der Waals surface area (Å²) >= 11 is 6.15. The van der Waals surface area contributed by atoms with Crippen molar-refractivity contribution in [3.05, 3.63) is 71.4 Å². The zero-order valence-corrected chi connectivity index (χ0v) is 14.2. The number of hydrogen-bond donors (Lipinski definition) is 1. The summed E-state index contributed by atoms with van der Waals surface area (Å²) in [6.45, 7) is 0. The number of amides is 1. The van der Waals surface area contributed by atoms with E-state index in [4.69, 9.17) is 16.0 Å². The van der Waals surface area contributed by atoms with Crippen LogP contribution in [0.2, 0.25) is 5.02 Å². The van der Waals surface area contributed by atoms with E-state index in [9.17, 15) is 4.79 Å². The Morgan fingerprint density at radius 1 is 1.00 bits per heavy atom. The highest BCUT2D eigenvalue weighted by atomic mass is 35.5. The van der Waals surface area contributed by atoms with Gasteiger partial charge in [-0.1, -0.05) is 23.7 Å². The van der Waals surface area contributed by atoms with Crippen molar-refractivity contribution in [2.45, 2.75) is 0 Å². The third kappa shape index (κ3) is 3.44. The van der Waals surface area contributed by atoms with E-state index in [1.165, 1.54) is 0 Å². The van der Waals surface area contributed by atoms with Gasteiger partial charge in [0.1, 0.15) is 5.76 Å². The molecule has 3 rings (SSSR count). The Hall–Kier alpha value is -2.72. The molecular formula is C19H17ClN2O2. The molecule has 0 aliphatic heterocycles. The molecule has 2 aromatic carbocycles. The van der Waals surface area contributed by atoms with Gasteiger partial charge in [0.2, 0.25) is 0 Å². The van der Waals surface area contributed by atoms with Crippen LogP contribution in [0, 0.1) is 0 Å². The fourth-order valence-electron chi connectivity index (χ4n) is 2.30. The maximum atomic E-state index is 12.3. The van der Waals surface area contributed by atoms with Crippen molar-refractivity contribution in [3.63, 3.8) is 0 Å². The van der Waals surface area contributed by atoms with E-state index in [1.807, 2.05) is 61.5 Å². The molecule has 0 atom stereocenters. The Kier molecular flexibility index (Phi) is 4.58. The third-order valence-corrected chi connectivity index (χ3v) is 3.94. The minimum atomic E-state index is -0.300. The van der Waals surface area contributed by atoms with Crippen molar-refractivity contribution in [1.29, 1.82) is 0 Å². The molecule has 5 heteroatoms. The summed E-state index contributed by atoms with van der Waals surface area (Å²) in [6, 6.07) is 18.3. The van der Waals surface area contributed by atoms with Gasteiger partial charge in [-0.15, -0.1) is 0 Å². The first-order valence-electron chi connectivity index (χ1n) is 7.48. The number of nitrogens with one attached hydrogen (secondary N) is 1. The van der Waals surface area contributed by atoms with Crippen molar-refractivity contribution < 1.29 is 9.21 Å². The maximum Gasteiger partial charge on any atom is 0.291 e. The standard InChI is InChI=1S/C19H17ClN2O2/c1-22(2)14-9-7-13(8-10-14)21-19(23)18-12-11-17(24-18)15-5-3-4-6-16(15)20/h3-12H,1-2H3,(H,21,23). The Bertz CT molecular complexity index is 854. The average Bonchev–Trinajstić information content (AvgIpc) is 3.05. The van der Waals surface area contributed by atoms with Crippen LogP contribution in [-0.2, 0) is 0 Å². The molecule has 1 amide bonds. The molecule has 0 bridgehead atoms. The van der Waals surface area contributed by atoms with Crippen LogP contribution in [0.15, 0.2) is 65.1 Å². The first-order chi connectivity index (χ1) is 11.5. The quantitative estimate of drug-likeness (QED) is 0.733. The molecule has 24 heavy (non-hydrogen) atoms. The number of hydrogen-bond acceptors (Lipinski definition) is 3. The fraction of sp³-hybridized carbons (Fsp3) is 0.105. The minimum absolute atomic E-state index is 0.238. The van der Waals surface area contributed by atoms with Gasteiger partial charge in [-0.3, -0.25) is 4.79 Å². The lowest BCUT2D eigenvalue weighted by molar-refractivity contribution is 0.0997. The SMILES string of the molecule is CN(C)c1ccc(NC(=O)c2ccc(-c3ccccc3Cl)o2)cc1. The topological polar surface area (TPSA) is 45.5 Å². The Labute approximate surface area is 145 Å². The van der Waals surface area contributed by atoms with Gasteiger partial charge in [-0.2, -0.15) is 0 Å². The largest absolute Gasteiger partial charge is 0.451 e. The number of nitrogens with zero attached hydrogens (tertiary/aromatic N) is 1. The number of halogens is 1. The normalized spacial score (nSPS) is 10.5. The molecule has 3 aromatic rings. The number of carbonyl (C=O) groups is 1. The van der Waals surface area contributed by atoms with Crippen molar-refractivity contribution in [2.24, 2.45) is 0 Å². The predicted octanol–water partition coefficient (Wildman–Crippen LogP) is 4.92. The second-order valence-corrected chi connectivity index (χ2v) is 5.95. The van der Waals surface area contributed by atoms with Gasteiger partial charge in [0.15, 0.2) is 5.76 Å². The molecule has 0 fully saturated rings. The Morgan fingerprint density at radius 3 is 2.38 bits per heavy atom. The van der Waals surface area contributed by atoms with Gasteiger partial charge >= 0.3 is 0 Å². The van der Waals surface area contributed by atoms with Crippen LogP contribution in [0.3, 0.4) is 0 Å². The lowest BCUT2D eigenvalue weighted by Crippen LogP contribution is -2.11. The van der Waals surface area contributed by atoms with E-state index in [2.05, 4.69) is 5.32 Å². The van der Waals surface area contributed by atoms with Gasteiger partial charge < -0.3 is 14.6 Å². The van der Waals surface area contributed by atoms with Gasteiger partial charge in [-0.25, -0.2) is 0 Å². The molecule has 1 N–H and O–H groups in total. The molecule has 0 radical (unpaired) electrons. The summed E-state index contributed by atoms with van der Waals surface area (Å²) in [5.41, 5.74) is 2.53. The highest BCUT2D eigenvalue weighted by Crippen LogP contribution is 2.29. The molecule has 1 aromatic heterocycles. The lowest BCUT2D eigenvalue weighted by atomic mass is 10.2. The van der Waals surface area contributed by atoms with Gasteiger partial charge in [0.05, 0.1) is 5.02 Å². The van der Waals surface area contributed by atoms with Crippen molar-refractivity contribution in [2.75, 3.05) is 24.3 Å². The first-order valence-corrected chi connectivity index (χ1v) is 7.86. The zero-order valence-electron chi connectivity index (χ0n) is 13.4. The predicted molar refractivity (Wildman–Crippen MR) is 97.9 cm³/mol. The fourth-order valence-corrected chi connectivity index (χ4v) is 2.53. The van der Waals surface area contributed by atoms with Gasteiger partial charge in [0.25, 0.3) is 5.91 Å². The minimum Gasteiger partial charge on any atom is -0.451 e. The monoisotopic (exact) mass is 340 g/mol. The van der Waals surface area contributed by atoms with Crippen LogP contribution in [0.4, 0.5) is 11.4 Å². The molecule has 122 valence electrons. The number of anilines is 2. The summed E-state index contributed by atoms with van der Waals surface area (Å²) in [5.74, 6) is 0.501. The van der Waals surface area contributed by atoms with Crippen molar-refractivity contribution >= 4 is 28.9 Å². The molecule has 0 aliphatic rings. The van der Waals surface area contributed by atoms with Crippen molar-refractivity contribution in [1.82, 2.24) is 0 Å². The van der Waals surface area contributed by atoms with Crippen LogP contribution in [0.5, 0.6) is 0 Å². The second kappa shape index (κ2) is 6.81. The van der Waals surface area contributed by atoms with Crippen LogP contribution in [0.1, 0.15) is 10.6 Å². The Balaban J connectivity index is 1.75. The molecule has 0 spiro atoms. The van der Waals surface area contributed by atoms with Crippen LogP contribution in [-0.4, -0.2) is 20.0 Å². The van der Waals surface area contributed by atoms with Crippen molar-refractivity contribution in [3.8, 4) is 11.3 Å². The molecule has 0 saturated carbocycles. The van der Waals surface area contributed by atoms with Crippen LogP contribution in [0.25, 0.3) is 11.3 Å². The highest BCUT2D eigenvalue weighted by molar-refractivity contribution is 6.33. The molecule has 4 nitrogen and oxygen atoms in total. The third-order valence-electron chi connectivity index (χ3n) is 3.61. The van der Waals surface area contributed by atoms with Gasteiger partial charge in [0, 0.05) is 31.0 Å². The second-order valence-electron chi connectivity index (χ2n) is 5.54. The lowest BCUT2D eigenvalue weighted by Gasteiger charge is -2.12. The summed E-state index contributed by atoms with van der Waals surface area (Å²) in [7, 11) is 3.93. The van der Waals surface area contributed by atoms with E-state index < -0.39 is 0 Å². The number of benzene rings is 2. The molecule has 1 heterocycles. The summed E-state index contributed by atoms with van der Waals surface area (Å²) < 4.78 is 5.64. The van der Waals surface area contributed by atoms with E-state index in [0.717, 1.165) is 11.3 Å². The van der Waals surface area contributed by atoms with Gasteiger partial charge in [-0.05, 0) is 48.5 Å². The number of furan rings is 1. The number of carbonyl (C=O) groups excluding carboxylic acids is 1. The first kappa shape index (κ1) is 16.1. The van der Waals surface area contributed by atoms with E-state index in [-0.39, 0.29) is 11.7 Å². The summed E-state index contributed by atoms with van der Waals surface area (Å²) in [6.07, 6.45) is 0. The van der Waals surface area contributed by atoms with E-state index >= 15 is 0 Å². The summed E-state index contributed by atoms with van der Waals surface area (Å²) in [5, 5.41) is 3.40. The molecule has 0 saturated heterocycles. The molecular weight excluding hydrogens is 324 g/mol. The maximum absolute atomic E-state index is 12.3. The average molecular weight is 341 g/mol. The van der Waals surface area contributed by atoms with Crippen LogP contribution < -0.4 is 10.2 Å². The molecule has 0 aliphatic carbocycles. The zero-order chi connectivity index (χ0) is 17.1. The van der Waals surface area contributed by atoms with E-state index in [0.29, 0.717) is 16.5 Å². The molecule has 0 unspecified atom stereocenters. The highest BCUT2D eigenvalue weighted by Gasteiger charge is 2.14. The van der Waals surface area contributed by atoms with Crippen LogP contribution >= 0.6 is 11.6 Å². The number of rotatable bonds is 4. The Morgan fingerprint density at radius 2 is 1.71 bits per heavy atom. The van der Waals surface area contributed by atoms with E-state index in [1.54, 1.807) is 18.2 Å². The smallest absolute Gasteiger partial charge is 0.291 e.